The summed E-state index contributed by atoms with van der Waals surface area (Å²) in [5.74, 6) is 0.880. The highest BCUT2D eigenvalue weighted by Gasteiger charge is 2.11. The van der Waals surface area contributed by atoms with Gasteiger partial charge in [-0.1, -0.05) is 37.8 Å². The Bertz CT molecular complexity index is 855. The van der Waals surface area contributed by atoms with E-state index in [0.29, 0.717) is 11.5 Å². The van der Waals surface area contributed by atoms with Crippen LogP contribution in [0.15, 0.2) is 34.5 Å². The summed E-state index contributed by atoms with van der Waals surface area (Å²) in [7, 11) is -3.17. The molecule has 0 bridgehead atoms. The fraction of sp³-hybridized carbons (Fsp3) is 0.609. The lowest BCUT2D eigenvalue weighted by Gasteiger charge is -2.13. The molecule has 7 heteroatoms. The Morgan fingerprint density at radius 1 is 1.13 bits per heavy atom. The van der Waals surface area contributed by atoms with E-state index in [0.717, 1.165) is 35.2 Å². The molecule has 2 heterocycles. The number of thiazole rings is 1. The molecular weight excluding hydrogens is 416 g/mol. The number of nitrogens with one attached hydrogen (secondary N) is 1. The third kappa shape index (κ3) is 7.76. The van der Waals surface area contributed by atoms with Gasteiger partial charge in [-0.2, -0.15) is 0 Å². The molecule has 1 aliphatic rings. The van der Waals surface area contributed by atoms with E-state index in [9.17, 15) is 8.42 Å². The van der Waals surface area contributed by atoms with Gasteiger partial charge in [0.15, 0.2) is 9.84 Å². The van der Waals surface area contributed by atoms with E-state index in [4.69, 9.17) is 4.74 Å². The van der Waals surface area contributed by atoms with E-state index >= 15 is 0 Å². The molecule has 2 aromatic rings. The predicted molar refractivity (Wildman–Crippen MR) is 124 cm³/mol. The lowest BCUT2D eigenvalue weighted by Crippen LogP contribution is -2.20. The molecule has 166 valence electrons. The molecule has 0 aliphatic carbocycles. The van der Waals surface area contributed by atoms with Crippen molar-refractivity contribution in [2.75, 3.05) is 26.0 Å². The van der Waals surface area contributed by atoms with Crippen molar-refractivity contribution in [2.45, 2.75) is 62.9 Å². The summed E-state index contributed by atoms with van der Waals surface area (Å²) in [4.78, 5) is 4.95. The predicted octanol–water partition coefficient (Wildman–Crippen LogP) is 5.07. The molecular formula is C23H34N2O3S2. The van der Waals surface area contributed by atoms with Crippen molar-refractivity contribution < 1.29 is 13.2 Å². The van der Waals surface area contributed by atoms with Gasteiger partial charge < -0.3 is 10.1 Å². The molecule has 5 nitrogen and oxygen atoms in total. The molecule has 1 N–H and O–H groups in total. The Morgan fingerprint density at radius 2 is 1.93 bits per heavy atom. The van der Waals surface area contributed by atoms with E-state index < -0.39 is 9.84 Å². The molecule has 0 spiro atoms. The van der Waals surface area contributed by atoms with Gasteiger partial charge in [0, 0.05) is 23.8 Å². The topological polar surface area (TPSA) is 68.3 Å². The third-order valence-corrected chi connectivity index (χ3v) is 7.70. The van der Waals surface area contributed by atoms with Crippen molar-refractivity contribution in [3.8, 4) is 10.6 Å². The highest BCUT2D eigenvalue weighted by Crippen LogP contribution is 2.25. The Hall–Kier alpha value is -1.28. The molecule has 30 heavy (non-hydrogen) atoms. The average molecular weight is 451 g/mol. The van der Waals surface area contributed by atoms with Crippen molar-refractivity contribution >= 4 is 21.2 Å². The molecule has 0 amide bonds. The van der Waals surface area contributed by atoms with Crippen LogP contribution in [0.3, 0.4) is 0 Å². The smallest absolute Gasteiger partial charge is 0.175 e. The van der Waals surface area contributed by atoms with Crippen molar-refractivity contribution in [2.24, 2.45) is 5.92 Å². The van der Waals surface area contributed by atoms with Gasteiger partial charge in [0.25, 0.3) is 0 Å². The second kappa shape index (κ2) is 11.9. The van der Waals surface area contributed by atoms with E-state index in [1.807, 2.05) is 17.5 Å². The van der Waals surface area contributed by atoms with Crippen LogP contribution in [0.2, 0.25) is 0 Å². The molecule has 1 unspecified atom stereocenters. The largest absolute Gasteiger partial charge is 0.375 e. The van der Waals surface area contributed by atoms with E-state index in [2.05, 4.69) is 10.3 Å². The van der Waals surface area contributed by atoms with Gasteiger partial charge in [-0.15, -0.1) is 11.3 Å². The number of benzene rings is 1. The Kier molecular flexibility index (Phi) is 9.30. The minimum absolute atomic E-state index is 0.331. The summed E-state index contributed by atoms with van der Waals surface area (Å²) in [6, 6.07) is 6.89. The van der Waals surface area contributed by atoms with Crippen molar-refractivity contribution in [3.63, 3.8) is 0 Å². The van der Waals surface area contributed by atoms with E-state index in [-0.39, 0.29) is 0 Å². The molecule has 3 rings (SSSR count). The quantitative estimate of drug-likeness (QED) is 0.484. The van der Waals surface area contributed by atoms with Crippen molar-refractivity contribution in [1.29, 1.82) is 0 Å². The first-order valence-electron chi connectivity index (χ1n) is 11.1. The fourth-order valence-electron chi connectivity index (χ4n) is 3.86. The average Bonchev–Trinajstić information content (AvgIpc) is 3.05. The van der Waals surface area contributed by atoms with Crippen LogP contribution in [0.5, 0.6) is 0 Å². The summed E-state index contributed by atoms with van der Waals surface area (Å²) in [6.07, 6.45) is 11.7. The number of sulfone groups is 1. The molecule has 1 saturated heterocycles. The zero-order valence-corrected chi connectivity index (χ0v) is 19.6. The number of nitrogens with zero attached hydrogens (tertiary/aromatic N) is 1. The van der Waals surface area contributed by atoms with Gasteiger partial charge in [0.1, 0.15) is 5.01 Å². The van der Waals surface area contributed by atoms with Crippen molar-refractivity contribution in [1.82, 2.24) is 10.3 Å². The lowest BCUT2D eigenvalue weighted by molar-refractivity contribution is 0.114. The van der Waals surface area contributed by atoms with Crippen molar-refractivity contribution in [3.05, 3.63) is 35.3 Å². The van der Waals surface area contributed by atoms with E-state index in [1.165, 1.54) is 64.3 Å². The summed E-state index contributed by atoms with van der Waals surface area (Å²) in [5, 5.41) is 6.46. The second-order valence-electron chi connectivity index (χ2n) is 8.26. The van der Waals surface area contributed by atoms with Gasteiger partial charge >= 0.3 is 0 Å². The maximum absolute atomic E-state index is 11.6. The van der Waals surface area contributed by atoms with Gasteiger partial charge in [-0.3, -0.25) is 0 Å². The number of rotatable bonds is 11. The fourth-order valence-corrected chi connectivity index (χ4v) is 5.30. The van der Waals surface area contributed by atoms with Gasteiger partial charge in [0.05, 0.1) is 17.2 Å². The molecule has 1 aromatic heterocycles. The SMILES string of the molecule is CS(=O)(=O)c1ccc(-c2nc(COCCCCCCC3CCCCNC3)cs2)cc1. The van der Waals surface area contributed by atoms with Crippen LogP contribution in [-0.2, 0) is 21.2 Å². The zero-order chi connectivity index (χ0) is 21.2. The lowest BCUT2D eigenvalue weighted by atomic mass is 9.96. The molecule has 1 aromatic carbocycles. The highest BCUT2D eigenvalue weighted by molar-refractivity contribution is 7.90. The summed E-state index contributed by atoms with van der Waals surface area (Å²) < 4.78 is 28.9. The Morgan fingerprint density at radius 3 is 2.73 bits per heavy atom. The van der Waals surface area contributed by atoms with Crippen LogP contribution in [0.4, 0.5) is 0 Å². The van der Waals surface area contributed by atoms with E-state index in [1.54, 1.807) is 23.5 Å². The molecule has 1 atom stereocenters. The normalized spacial score (nSPS) is 17.7. The van der Waals surface area contributed by atoms with Gasteiger partial charge in [-0.05, 0) is 56.8 Å². The first-order chi connectivity index (χ1) is 14.5. The number of hydrogen-bond donors (Lipinski definition) is 1. The number of aromatic nitrogens is 1. The third-order valence-electron chi connectivity index (χ3n) is 5.63. The minimum atomic E-state index is -3.17. The highest BCUT2D eigenvalue weighted by atomic mass is 32.2. The molecule has 1 fully saturated rings. The molecule has 0 saturated carbocycles. The molecule has 0 radical (unpaired) electrons. The van der Waals surface area contributed by atoms with Crippen LogP contribution >= 0.6 is 11.3 Å². The first kappa shape index (κ1) is 23.4. The minimum Gasteiger partial charge on any atom is -0.375 e. The summed E-state index contributed by atoms with van der Waals surface area (Å²) >= 11 is 1.56. The maximum Gasteiger partial charge on any atom is 0.175 e. The number of hydrogen-bond acceptors (Lipinski definition) is 6. The van der Waals surface area contributed by atoms with Crippen LogP contribution < -0.4 is 5.32 Å². The molecule has 1 aliphatic heterocycles. The summed E-state index contributed by atoms with van der Waals surface area (Å²) in [6.45, 7) is 3.72. The number of unbranched alkanes of at least 4 members (excludes halogenated alkanes) is 3. The van der Waals surface area contributed by atoms with Crippen LogP contribution in [0.1, 0.15) is 57.1 Å². The van der Waals surface area contributed by atoms with Crippen LogP contribution in [-0.4, -0.2) is 39.4 Å². The van der Waals surface area contributed by atoms with Gasteiger partial charge in [-0.25, -0.2) is 13.4 Å². The van der Waals surface area contributed by atoms with Gasteiger partial charge in [0.2, 0.25) is 0 Å². The first-order valence-corrected chi connectivity index (χ1v) is 13.8. The van der Waals surface area contributed by atoms with Crippen LogP contribution in [0, 0.1) is 5.92 Å². The summed E-state index contributed by atoms with van der Waals surface area (Å²) in [5.41, 5.74) is 1.87. The Balaban J connectivity index is 1.29. The van der Waals surface area contributed by atoms with Crippen LogP contribution in [0.25, 0.3) is 10.6 Å². The monoisotopic (exact) mass is 450 g/mol. The Labute approximate surface area is 185 Å². The second-order valence-corrected chi connectivity index (χ2v) is 11.1. The number of ether oxygens (including phenoxy) is 1. The maximum atomic E-state index is 11.6. The standard InChI is InChI=1S/C23H34N2O3S2/c1-30(26,27)22-12-10-20(11-13-22)23-25-21(18-29-23)17-28-15-7-3-2-4-8-19-9-5-6-14-24-16-19/h10-13,18-19,24H,2-9,14-17H2,1H3. The zero-order valence-electron chi connectivity index (χ0n) is 17.9.